The number of benzene rings is 3. The zero-order valence-corrected chi connectivity index (χ0v) is 20.6. The lowest BCUT2D eigenvalue weighted by atomic mass is 10.1. The maximum Gasteiger partial charge on any atom is 0.295 e. The minimum Gasteiger partial charge on any atom is -0.316 e. The van der Waals surface area contributed by atoms with Crippen LogP contribution in [0.4, 0.5) is 5.69 Å². The van der Waals surface area contributed by atoms with Gasteiger partial charge in [-0.05, 0) is 36.8 Å². The standard InChI is InChI=1S/C28H24ClN5O2/c1-19-25(28(36)34(32(19)2)23-11-7-4-8-12-23)30-27(35)24-18-33(17-20-9-5-3-6-10-20)31-26(24)21-13-15-22(29)16-14-21/h3-16,18H,17H2,1-2H3,(H,30,35). The zero-order chi connectivity index (χ0) is 25.2. The topological polar surface area (TPSA) is 73.8 Å². The average molecular weight is 498 g/mol. The van der Waals surface area contributed by atoms with Crippen molar-refractivity contribution < 1.29 is 4.79 Å². The quantitative estimate of drug-likeness (QED) is 0.346. The first-order valence-corrected chi connectivity index (χ1v) is 11.8. The first-order chi connectivity index (χ1) is 17.4. The van der Waals surface area contributed by atoms with E-state index in [4.69, 9.17) is 16.7 Å². The van der Waals surface area contributed by atoms with Gasteiger partial charge >= 0.3 is 0 Å². The molecule has 3 aromatic carbocycles. The highest BCUT2D eigenvalue weighted by molar-refractivity contribution is 6.30. The third kappa shape index (κ3) is 4.48. The van der Waals surface area contributed by atoms with Gasteiger partial charge in [0.25, 0.3) is 11.5 Å². The van der Waals surface area contributed by atoms with Gasteiger partial charge < -0.3 is 5.32 Å². The molecular weight excluding hydrogens is 474 g/mol. The Kier molecular flexibility index (Phi) is 6.31. The maximum absolute atomic E-state index is 13.6. The average Bonchev–Trinajstić information content (AvgIpc) is 3.40. The van der Waals surface area contributed by atoms with Crippen LogP contribution in [-0.4, -0.2) is 25.1 Å². The number of nitrogens with one attached hydrogen (secondary N) is 1. The molecule has 0 atom stereocenters. The van der Waals surface area contributed by atoms with E-state index in [0.29, 0.717) is 34.2 Å². The summed E-state index contributed by atoms with van der Waals surface area (Å²) < 4.78 is 4.99. The Hall–Kier alpha value is -4.36. The number of rotatable bonds is 6. The minimum absolute atomic E-state index is 0.226. The molecule has 1 amide bonds. The van der Waals surface area contributed by atoms with E-state index < -0.39 is 5.91 Å². The molecule has 0 saturated heterocycles. The SMILES string of the molecule is Cc1c(NC(=O)c2cn(Cc3ccccc3)nc2-c2ccc(Cl)cc2)c(=O)n(-c2ccccc2)n1C. The summed E-state index contributed by atoms with van der Waals surface area (Å²) in [5, 5.41) is 8.15. The second-order valence-electron chi connectivity index (χ2n) is 8.47. The number of nitrogens with zero attached hydrogens (tertiary/aromatic N) is 4. The van der Waals surface area contributed by atoms with Crippen LogP contribution in [0.15, 0.2) is 95.9 Å². The summed E-state index contributed by atoms with van der Waals surface area (Å²) in [7, 11) is 1.79. The lowest BCUT2D eigenvalue weighted by Gasteiger charge is -2.07. The van der Waals surface area contributed by atoms with Gasteiger partial charge in [0.05, 0.1) is 23.5 Å². The van der Waals surface area contributed by atoms with Gasteiger partial charge in [-0.15, -0.1) is 0 Å². The summed E-state index contributed by atoms with van der Waals surface area (Å²) in [5.41, 5.74) is 3.96. The number of hydrogen-bond acceptors (Lipinski definition) is 3. The number of halogens is 1. The third-order valence-electron chi connectivity index (χ3n) is 6.10. The van der Waals surface area contributed by atoms with Crippen molar-refractivity contribution in [1.82, 2.24) is 19.1 Å². The molecule has 0 aliphatic rings. The first kappa shape index (κ1) is 23.4. The van der Waals surface area contributed by atoms with Gasteiger partial charge in [-0.1, -0.05) is 72.3 Å². The molecule has 2 heterocycles. The van der Waals surface area contributed by atoms with E-state index >= 15 is 0 Å². The van der Waals surface area contributed by atoms with E-state index in [1.54, 1.807) is 41.7 Å². The normalized spacial score (nSPS) is 11.0. The fourth-order valence-electron chi connectivity index (χ4n) is 4.15. The number of amides is 1. The van der Waals surface area contributed by atoms with Gasteiger partial charge in [-0.3, -0.25) is 19.0 Å². The molecule has 180 valence electrons. The van der Waals surface area contributed by atoms with Crippen LogP contribution in [0.3, 0.4) is 0 Å². The van der Waals surface area contributed by atoms with Gasteiger partial charge in [0, 0.05) is 23.8 Å². The molecule has 0 aliphatic heterocycles. The molecular formula is C28H24ClN5O2. The van der Waals surface area contributed by atoms with E-state index in [0.717, 1.165) is 11.1 Å². The lowest BCUT2D eigenvalue weighted by Crippen LogP contribution is -2.23. The van der Waals surface area contributed by atoms with Gasteiger partial charge in [0.1, 0.15) is 11.4 Å². The van der Waals surface area contributed by atoms with Crippen molar-refractivity contribution in [3.8, 4) is 16.9 Å². The molecule has 0 saturated carbocycles. The van der Waals surface area contributed by atoms with E-state index in [-0.39, 0.29) is 11.2 Å². The van der Waals surface area contributed by atoms with Crippen LogP contribution in [0.5, 0.6) is 0 Å². The molecule has 1 N–H and O–H groups in total. The van der Waals surface area contributed by atoms with Crippen LogP contribution in [0, 0.1) is 6.92 Å². The summed E-state index contributed by atoms with van der Waals surface area (Å²) in [6, 6.07) is 26.4. The molecule has 0 aliphatic carbocycles. The lowest BCUT2D eigenvalue weighted by molar-refractivity contribution is 0.102. The molecule has 2 aromatic heterocycles. The molecule has 8 heteroatoms. The largest absolute Gasteiger partial charge is 0.316 e. The molecule has 0 fully saturated rings. The Balaban J connectivity index is 1.53. The van der Waals surface area contributed by atoms with E-state index in [1.165, 1.54) is 4.68 Å². The molecule has 36 heavy (non-hydrogen) atoms. The number of anilines is 1. The summed E-state index contributed by atoms with van der Waals surface area (Å²) in [6.07, 6.45) is 1.71. The number of para-hydroxylation sites is 1. The molecule has 0 bridgehead atoms. The van der Waals surface area contributed by atoms with Crippen molar-refractivity contribution in [2.24, 2.45) is 7.05 Å². The van der Waals surface area contributed by atoms with Gasteiger partial charge in [-0.2, -0.15) is 5.10 Å². The second-order valence-corrected chi connectivity index (χ2v) is 8.91. The van der Waals surface area contributed by atoms with Crippen LogP contribution in [-0.2, 0) is 13.6 Å². The van der Waals surface area contributed by atoms with Gasteiger partial charge in [0.15, 0.2) is 0 Å². The van der Waals surface area contributed by atoms with E-state index in [9.17, 15) is 9.59 Å². The summed E-state index contributed by atoms with van der Waals surface area (Å²) in [6.45, 7) is 2.30. The van der Waals surface area contributed by atoms with E-state index in [2.05, 4.69) is 5.32 Å². The Morgan fingerprint density at radius 3 is 2.25 bits per heavy atom. The van der Waals surface area contributed by atoms with Crippen molar-refractivity contribution in [2.75, 3.05) is 5.32 Å². The first-order valence-electron chi connectivity index (χ1n) is 11.4. The molecule has 0 unspecified atom stereocenters. The second kappa shape index (κ2) is 9.71. The highest BCUT2D eigenvalue weighted by atomic mass is 35.5. The van der Waals surface area contributed by atoms with Crippen LogP contribution < -0.4 is 10.9 Å². The Labute approximate surface area is 213 Å². The molecule has 5 rings (SSSR count). The van der Waals surface area contributed by atoms with Crippen molar-refractivity contribution in [3.63, 3.8) is 0 Å². The summed E-state index contributed by atoms with van der Waals surface area (Å²) >= 11 is 6.08. The molecule has 5 aromatic rings. The number of carbonyl (C=O) groups is 1. The predicted molar refractivity (Wildman–Crippen MR) is 142 cm³/mol. The van der Waals surface area contributed by atoms with Crippen molar-refractivity contribution in [2.45, 2.75) is 13.5 Å². The van der Waals surface area contributed by atoms with Crippen molar-refractivity contribution >= 4 is 23.2 Å². The maximum atomic E-state index is 13.6. The number of hydrogen-bond donors (Lipinski definition) is 1. The van der Waals surface area contributed by atoms with Crippen LogP contribution >= 0.6 is 11.6 Å². The summed E-state index contributed by atoms with van der Waals surface area (Å²) in [5.74, 6) is -0.412. The fraction of sp³-hybridized carbons (Fsp3) is 0.107. The number of aromatic nitrogens is 4. The van der Waals surface area contributed by atoms with Gasteiger partial charge in [0.2, 0.25) is 0 Å². The van der Waals surface area contributed by atoms with Gasteiger partial charge in [-0.25, -0.2) is 4.68 Å². The highest BCUT2D eigenvalue weighted by Gasteiger charge is 2.23. The monoisotopic (exact) mass is 497 g/mol. The van der Waals surface area contributed by atoms with Crippen LogP contribution in [0.25, 0.3) is 16.9 Å². The van der Waals surface area contributed by atoms with Crippen molar-refractivity contribution in [3.05, 3.63) is 123 Å². The molecule has 0 spiro atoms. The smallest absolute Gasteiger partial charge is 0.295 e. The third-order valence-corrected chi connectivity index (χ3v) is 6.36. The number of carbonyl (C=O) groups excluding carboxylic acids is 1. The predicted octanol–water partition coefficient (Wildman–Crippen LogP) is 5.30. The summed E-state index contributed by atoms with van der Waals surface area (Å²) in [4.78, 5) is 26.9. The Morgan fingerprint density at radius 1 is 0.944 bits per heavy atom. The minimum atomic E-state index is -0.412. The Bertz CT molecular complexity index is 1580. The van der Waals surface area contributed by atoms with Crippen molar-refractivity contribution in [1.29, 1.82) is 0 Å². The Morgan fingerprint density at radius 2 is 1.58 bits per heavy atom. The molecule has 0 radical (unpaired) electrons. The fourth-order valence-corrected chi connectivity index (χ4v) is 4.28. The van der Waals surface area contributed by atoms with E-state index in [1.807, 2.05) is 72.8 Å². The highest BCUT2D eigenvalue weighted by Crippen LogP contribution is 2.25. The van der Waals surface area contributed by atoms with Crippen LogP contribution in [0.1, 0.15) is 21.6 Å². The zero-order valence-electron chi connectivity index (χ0n) is 19.9. The van der Waals surface area contributed by atoms with Crippen LogP contribution in [0.2, 0.25) is 5.02 Å². The molecule has 7 nitrogen and oxygen atoms in total.